The molecule has 0 saturated carbocycles. The summed E-state index contributed by atoms with van der Waals surface area (Å²) < 4.78 is 2.15. The van der Waals surface area contributed by atoms with E-state index in [1.807, 2.05) is 30.3 Å². The fourth-order valence-electron chi connectivity index (χ4n) is 2.84. The van der Waals surface area contributed by atoms with Crippen molar-refractivity contribution in [1.29, 1.82) is 0 Å². The fraction of sp³-hybridized carbons (Fsp3) is 0.182. The first-order valence-electron chi connectivity index (χ1n) is 9.04. The highest BCUT2D eigenvalue weighted by Gasteiger charge is 2.02. The van der Waals surface area contributed by atoms with Crippen LogP contribution in [0.3, 0.4) is 0 Å². The number of thiocarbonyl (C=S) groups is 1. The lowest BCUT2D eigenvalue weighted by Gasteiger charge is -2.11. The minimum absolute atomic E-state index is 0.476. The van der Waals surface area contributed by atoms with Gasteiger partial charge in [-0.25, -0.2) is 0 Å². The molecule has 0 unspecified atom stereocenters. The summed E-state index contributed by atoms with van der Waals surface area (Å²) in [6.45, 7) is 5.03. The van der Waals surface area contributed by atoms with Crippen LogP contribution >= 0.6 is 12.2 Å². The lowest BCUT2D eigenvalue weighted by molar-refractivity contribution is 0.798. The Morgan fingerprint density at radius 2 is 1.85 bits per heavy atom. The molecule has 0 fully saturated rings. The second kappa shape index (κ2) is 9.14. The summed E-state index contributed by atoms with van der Waals surface area (Å²) in [4.78, 5) is 0. The molecule has 0 atom stereocenters. The highest BCUT2D eigenvalue weighted by atomic mass is 32.1. The standard InChI is InChI=1S/C22H24N4S/c1-3-19-7-4-5-9-21(19)24-22(27)25-23-15-20-8-6-14-26(20)16-18-12-10-17(2)11-13-18/h4-15H,3,16H2,1-2H3,(H2,24,25,27). The number of aromatic nitrogens is 1. The molecule has 1 aromatic heterocycles. The first-order chi connectivity index (χ1) is 13.2. The molecule has 2 aromatic carbocycles. The average molecular weight is 377 g/mol. The topological polar surface area (TPSA) is 41.4 Å². The predicted molar refractivity (Wildman–Crippen MR) is 117 cm³/mol. The second-order valence-corrected chi connectivity index (χ2v) is 6.79. The number of hydrogen-bond donors (Lipinski definition) is 2. The molecule has 0 amide bonds. The molecule has 3 aromatic rings. The molecule has 0 aliphatic carbocycles. The Hall–Kier alpha value is -2.92. The monoisotopic (exact) mass is 376 g/mol. The fourth-order valence-corrected chi connectivity index (χ4v) is 3.00. The third kappa shape index (κ3) is 5.28. The van der Waals surface area contributed by atoms with Crippen LogP contribution in [0.5, 0.6) is 0 Å². The van der Waals surface area contributed by atoms with Crippen molar-refractivity contribution < 1.29 is 0 Å². The van der Waals surface area contributed by atoms with E-state index in [0.29, 0.717) is 5.11 Å². The highest BCUT2D eigenvalue weighted by molar-refractivity contribution is 7.80. The molecule has 0 aliphatic rings. The quantitative estimate of drug-likeness (QED) is 0.371. The maximum atomic E-state index is 5.35. The van der Waals surface area contributed by atoms with Gasteiger partial charge in [-0.1, -0.05) is 55.0 Å². The lowest BCUT2D eigenvalue weighted by Crippen LogP contribution is -2.24. The Morgan fingerprint density at radius 1 is 1.07 bits per heavy atom. The number of benzene rings is 2. The van der Waals surface area contributed by atoms with Crippen LogP contribution in [0.25, 0.3) is 0 Å². The Balaban J connectivity index is 1.59. The van der Waals surface area contributed by atoms with Gasteiger partial charge < -0.3 is 9.88 Å². The SMILES string of the molecule is CCc1ccccc1NC(=S)NN=Cc1cccn1Cc1ccc(C)cc1. The van der Waals surface area contributed by atoms with Crippen molar-refractivity contribution in [2.75, 3.05) is 5.32 Å². The van der Waals surface area contributed by atoms with Crippen LogP contribution in [-0.2, 0) is 13.0 Å². The van der Waals surface area contributed by atoms with Gasteiger partial charge in [0.25, 0.3) is 0 Å². The summed E-state index contributed by atoms with van der Waals surface area (Å²) in [6.07, 6.45) is 4.78. The number of anilines is 1. The average Bonchev–Trinajstić information content (AvgIpc) is 3.11. The molecule has 138 valence electrons. The smallest absolute Gasteiger partial charge is 0.191 e. The number of nitrogens with one attached hydrogen (secondary N) is 2. The first kappa shape index (κ1) is 18.9. The van der Waals surface area contributed by atoms with E-state index >= 15 is 0 Å². The van der Waals surface area contributed by atoms with Crippen molar-refractivity contribution in [1.82, 2.24) is 9.99 Å². The lowest BCUT2D eigenvalue weighted by atomic mass is 10.1. The van der Waals surface area contributed by atoms with E-state index in [1.165, 1.54) is 16.7 Å². The number of rotatable bonds is 6. The zero-order chi connectivity index (χ0) is 19.1. The van der Waals surface area contributed by atoms with Crippen LogP contribution in [0.15, 0.2) is 72.0 Å². The zero-order valence-corrected chi connectivity index (χ0v) is 16.5. The van der Waals surface area contributed by atoms with Crippen LogP contribution in [0.1, 0.15) is 29.3 Å². The van der Waals surface area contributed by atoms with Gasteiger partial charge in [-0.05, 0) is 54.9 Å². The second-order valence-electron chi connectivity index (χ2n) is 6.38. The Labute approximate surface area is 165 Å². The van der Waals surface area contributed by atoms with Crippen molar-refractivity contribution in [3.8, 4) is 0 Å². The Morgan fingerprint density at radius 3 is 2.63 bits per heavy atom. The molecule has 27 heavy (non-hydrogen) atoms. The van der Waals surface area contributed by atoms with Gasteiger partial charge in [-0.2, -0.15) is 5.10 Å². The summed E-state index contributed by atoms with van der Waals surface area (Å²) >= 11 is 5.35. The predicted octanol–water partition coefficient (Wildman–Crippen LogP) is 4.73. The molecule has 2 N–H and O–H groups in total. The van der Waals surface area contributed by atoms with E-state index in [4.69, 9.17) is 12.2 Å². The van der Waals surface area contributed by atoms with Gasteiger partial charge >= 0.3 is 0 Å². The van der Waals surface area contributed by atoms with E-state index in [2.05, 4.69) is 70.8 Å². The molecular formula is C22H24N4S. The molecule has 3 rings (SSSR count). The minimum Gasteiger partial charge on any atom is -0.342 e. The van der Waals surface area contributed by atoms with Gasteiger partial charge in [0, 0.05) is 18.4 Å². The summed E-state index contributed by atoms with van der Waals surface area (Å²) in [5.41, 5.74) is 8.66. The molecule has 1 heterocycles. The van der Waals surface area contributed by atoms with Gasteiger partial charge in [0.1, 0.15) is 0 Å². The third-order valence-corrected chi connectivity index (χ3v) is 4.54. The molecule has 0 radical (unpaired) electrons. The van der Waals surface area contributed by atoms with E-state index in [1.54, 1.807) is 6.21 Å². The third-order valence-electron chi connectivity index (χ3n) is 4.35. The van der Waals surface area contributed by atoms with Gasteiger partial charge in [-0.15, -0.1) is 0 Å². The highest BCUT2D eigenvalue weighted by Crippen LogP contribution is 2.15. The molecule has 0 bridgehead atoms. The minimum atomic E-state index is 0.476. The van der Waals surface area contributed by atoms with E-state index < -0.39 is 0 Å². The number of aryl methyl sites for hydroxylation is 2. The van der Waals surface area contributed by atoms with Crippen molar-refractivity contribution in [2.24, 2.45) is 5.10 Å². The largest absolute Gasteiger partial charge is 0.342 e. The van der Waals surface area contributed by atoms with Gasteiger partial charge in [0.2, 0.25) is 0 Å². The molecule has 4 nitrogen and oxygen atoms in total. The molecule has 5 heteroatoms. The normalized spacial score (nSPS) is 10.9. The number of para-hydroxylation sites is 1. The summed E-state index contributed by atoms with van der Waals surface area (Å²) in [5.74, 6) is 0. The number of nitrogens with zero attached hydrogens (tertiary/aromatic N) is 2. The Kier molecular flexibility index (Phi) is 6.39. The number of hydrazone groups is 1. The van der Waals surface area contributed by atoms with E-state index in [9.17, 15) is 0 Å². The van der Waals surface area contributed by atoms with Crippen LogP contribution in [0.2, 0.25) is 0 Å². The molecule has 0 aliphatic heterocycles. The summed E-state index contributed by atoms with van der Waals surface area (Å²) in [5, 5.41) is 7.96. The van der Waals surface area contributed by atoms with Gasteiger partial charge in [0.05, 0.1) is 11.9 Å². The summed E-state index contributed by atoms with van der Waals surface area (Å²) in [6, 6.07) is 20.7. The maximum Gasteiger partial charge on any atom is 0.191 e. The van der Waals surface area contributed by atoms with Crippen LogP contribution < -0.4 is 10.7 Å². The first-order valence-corrected chi connectivity index (χ1v) is 9.45. The van der Waals surface area contributed by atoms with Crippen LogP contribution in [-0.4, -0.2) is 15.9 Å². The molecular weight excluding hydrogens is 352 g/mol. The molecule has 0 spiro atoms. The summed E-state index contributed by atoms with van der Waals surface area (Å²) in [7, 11) is 0. The number of hydrogen-bond acceptors (Lipinski definition) is 2. The van der Waals surface area contributed by atoms with Gasteiger partial charge in [-0.3, -0.25) is 5.43 Å². The Bertz CT molecular complexity index is 925. The van der Waals surface area contributed by atoms with Crippen LogP contribution in [0, 0.1) is 6.92 Å². The van der Waals surface area contributed by atoms with Crippen LogP contribution in [0.4, 0.5) is 5.69 Å². The van der Waals surface area contributed by atoms with E-state index in [-0.39, 0.29) is 0 Å². The van der Waals surface area contributed by atoms with Crippen molar-refractivity contribution >= 4 is 29.2 Å². The maximum absolute atomic E-state index is 5.35. The van der Waals surface area contributed by atoms with Crippen molar-refractivity contribution in [3.05, 3.63) is 89.2 Å². The van der Waals surface area contributed by atoms with E-state index in [0.717, 1.165) is 24.3 Å². The van der Waals surface area contributed by atoms with Crippen molar-refractivity contribution in [2.45, 2.75) is 26.8 Å². The molecule has 0 saturated heterocycles. The van der Waals surface area contributed by atoms with Gasteiger partial charge in [0.15, 0.2) is 5.11 Å². The van der Waals surface area contributed by atoms with Crippen molar-refractivity contribution in [3.63, 3.8) is 0 Å². The zero-order valence-electron chi connectivity index (χ0n) is 15.6.